The number of rotatable bonds is 3. The third-order valence-electron chi connectivity index (χ3n) is 5.76. The Morgan fingerprint density at radius 1 is 0.750 bits per heavy atom. The highest BCUT2D eigenvalue weighted by Gasteiger charge is 2.72. The SMILES string of the molecule is O=C1NC(=Nc2ccccc2)C2C(=O)C1(c1ccccc1)C2c1ccccc1. The van der Waals surface area contributed by atoms with E-state index < -0.39 is 11.3 Å². The zero-order chi connectivity index (χ0) is 19.1. The van der Waals surface area contributed by atoms with Crippen LogP contribution in [0.1, 0.15) is 17.0 Å². The van der Waals surface area contributed by atoms with Crippen molar-refractivity contribution in [2.75, 3.05) is 0 Å². The molecule has 4 heteroatoms. The van der Waals surface area contributed by atoms with Crippen molar-refractivity contribution in [1.29, 1.82) is 0 Å². The van der Waals surface area contributed by atoms with E-state index in [0.717, 1.165) is 16.8 Å². The first kappa shape index (κ1) is 16.6. The number of fused-ring (bicyclic) bond motifs is 2. The summed E-state index contributed by atoms with van der Waals surface area (Å²) in [6.45, 7) is 0. The molecule has 0 spiro atoms. The Kier molecular flexibility index (Phi) is 3.72. The minimum Gasteiger partial charge on any atom is -0.312 e. The molecule has 136 valence electrons. The number of piperidine rings is 2. The first-order valence-corrected chi connectivity index (χ1v) is 9.33. The molecule has 3 unspecified atom stereocenters. The van der Waals surface area contributed by atoms with Crippen LogP contribution in [0.25, 0.3) is 0 Å². The molecule has 28 heavy (non-hydrogen) atoms. The van der Waals surface area contributed by atoms with Crippen LogP contribution in [0.4, 0.5) is 5.69 Å². The molecule has 1 N–H and O–H groups in total. The van der Waals surface area contributed by atoms with Gasteiger partial charge < -0.3 is 5.32 Å². The van der Waals surface area contributed by atoms with Crippen molar-refractivity contribution in [1.82, 2.24) is 5.32 Å². The second-order valence-corrected chi connectivity index (χ2v) is 7.19. The van der Waals surface area contributed by atoms with E-state index in [1.54, 1.807) is 0 Å². The molecule has 1 aliphatic carbocycles. The zero-order valence-electron chi connectivity index (χ0n) is 15.1. The molecule has 2 bridgehead atoms. The Bertz CT molecular complexity index is 1070. The van der Waals surface area contributed by atoms with Crippen LogP contribution in [0.15, 0.2) is 96.0 Å². The fourth-order valence-corrected chi connectivity index (χ4v) is 4.53. The second kappa shape index (κ2) is 6.27. The summed E-state index contributed by atoms with van der Waals surface area (Å²) in [6, 6.07) is 28.5. The van der Waals surface area contributed by atoms with Gasteiger partial charge in [0.2, 0.25) is 5.91 Å². The lowest BCUT2D eigenvalue weighted by atomic mass is 9.45. The van der Waals surface area contributed by atoms with Crippen molar-refractivity contribution >= 4 is 23.2 Å². The third kappa shape index (κ3) is 2.21. The van der Waals surface area contributed by atoms with Gasteiger partial charge in [0.05, 0.1) is 11.6 Å². The van der Waals surface area contributed by atoms with Gasteiger partial charge in [-0.25, -0.2) is 4.99 Å². The van der Waals surface area contributed by atoms with Crippen LogP contribution in [0.3, 0.4) is 0 Å². The van der Waals surface area contributed by atoms with Crippen LogP contribution >= 0.6 is 0 Å². The highest BCUT2D eigenvalue weighted by atomic mass is 16.2. The van der Waals surface area contributed by atoms with Crippen molar-refractivity contribution < 1.29 is 9.59 Å². The van der Waals surface area contributed by atoms with E-state index in [-0.39, 0.29) is 17.6 Å². The van der Waals surface area contributed by atoms with Gasteiger partial charge in [-0.1, -0.05) is 78.9 Å². The molecule has 0 radical (unpaired) electrons. The number of Topliss-reactive ketones (excluding diaryl/α,β-unsaturated/α-hetero) is 1. The van der Waals surface area contributed by atoms with Crippen LogP contribution in [0.5, 0.6) is 0 Å². The lowest BCUT2D eigenvalue weighted by molar-refractivity contribution is -0.150. The highest BCUT2D eigenvalue weighted by molar-refractivity contribution is 6.34. The first-order chi connectivity index (χ1) is 13.7. The number of nitrogens with one attached hydrogen (secondary N) is 1. The third-order valence-corrected chi connectivity index (χ3v) is 5.76. The molecule has 2 aliphatic heterocycles. The summed E-state index contributed by atoms with van der Waals surface area (Å²) >= 11 is 0. The van der Waals surface area contributed by atoms with Gasteiger partial charge in [0.25, 0.3) is 0 Å². The Labute approximate surface area is 162 Å². The Morgan fingerprint density at radius 2 is 1.32 bits per heavy atom. The van der Waals surface area contributed by atoms with Crippen molar-refractivity contribution in [3.63, 3.8) is 0 Å². The average Bonchev–Trinajstić information content (AvgIpc) is 2.74. The van der Waals surface area contributed by atoms with E-state index in [0.29, 0.717) is 5.84 Å². The molecular formula is C24H18N2O2. The predicted octanol–water partition coefficient (Wildman–Crippen LogP) is 3.77. The van der Waals surface area contributed by atoms with Gasteiger partial charge in [-0.15, -0.1) is 0 Å². The number of nitrogens with zero attached hydrogens (tertiary/aromatic N) is 1. The van der Waals surface area contributed by atoms with Crippen molar-refractivity contribution in [2.24, 2.45) is 10.9 Å². The molecule has 2 saturated heterocycles. The summed E-state index contributed by atoms with van der Waals surface area (Å²) < 4.78 is 0. The maximum Gasteiger partial charge on any atom is 0.244 e. The van der Waals surface area contributed by atoms with Crippen molar-refractivity contribution in [3.8, 4) is 0 Å². The average molecular weight is 366 g/mol. The summed E-state index contributed by atoms with van der Waals surface area (Å²) in [6.07, 6.45) is 0. The maximum atomic E-state index is 13.4. The molecule has 1 saturated carbocycles. The smallest absolute Gasteiger partial charge is 0.244 e. The van der Waals surface area contributed by atoms with Gasteiger partial charge in [0.1, 0.15) is 11.3 Å². The van der Waals surface area contributed by atoms with Gasteiger partial charge in [0.15, 0.2) is 5.78 Å². The summed E-state index contributed by atoms with van der Waals surface area (Å²) in [4.78, 5) is 31.4. The van der Waals surface area contributed by atoms with E-state index >= 15 is 0 Å². The highest BCUT2D eigenvalue weighted by Crippen LogP contribution is 2.58. The summed E-state index contributed by atoms with van der Waals surface area (Å²) in [5.41, 5.74) is 1.24. The van der Waals surface area contributed by atoms with Gasteiger partial charge in [0, 0.05) is 5.92 Å². The molecule has 4 nitrogen and oxygen atoms in total. The van der Waals surface area contributed by atoms with Gasteiger partial charge in [-0.3, -0.25) is 9.59 Å². The molecule has 3 fully saturated rings. The molecule has 3 aliphatic rings. The molecule has 3 aromatic carbocycles. The number of hydrogen-bond donors (Lipinski definition) is 1. The number of para-hydroxylation sites is 1. The largest absolute Gasteiger partial charge is 0.312 e. The van der Waals surface area contributed by atoms with Crippen LogP contribution in [-0.2, 0) is 15.0 Å². The Morgan fingerprint density at radius 3 is 1.93 bits per heavy atom. The van der Waals surface area contributed by atoms with Gasteiger partial charge >= 0.3 is 0 Å². The normalized spacial score (nSPS) is 27.2. The number of aliphatic imine (C=N–C) groups is 1. The Balaban J connectivity index is 1.68. The van der Waals surface area contributed by atoms with Crippen LogP contribution in [0, 0.1) is 5.92 Å². The fraction of sp³-hybridized carbons (Fsp3) is 0.125. The minimum atomic E-state index is -1.19. The zero-order valence-corrected chi connectivity index (χ0v) is 15.1. The summed E-state index contributed by atoms with van der Waals surface area (Å²) in [5.74, 6) is -0.658. The number of carbonyl (C=O) groups excluding carboxylic acids is 2. The lowest BCUT2D eigenvalue weighted by Gasteiger charge is -2.56. The van der Waals surface area contributed by atoms with E-state index in [1.165, 1.54) is 0 Å². The predicted molar refractivity (Wildman–Crippen MR) is 107 cm³/mol. The maximum absolute atomic E-state index is 13.4. The minimum absolute atomic E-state index is 0.0778. The fourth-order valence-electron chi connectivity index (χ4n) is 4.53. The molecule has 3 aromatic rings. The number of amidine groups is 1. The van der Waals surface area contributed by atoms with E-state index in [1.807, 2.05) is 91.0 Å². The quantitative estimate of drug-likeness (QED) is 0.718. The first-order valence-electron chi connectivity index (χ1n) is 9.33. The summed E-state index contributed by atoms with van der Waals surface area (Å²) in [5, 5.41) is 2.92. The molecular weight excluding hydrogens is 348 g/mol. The van der Waals surface area contributed by atoms with Gasteiger partial charge in [-0.2, -0.15) is 0 Å². The number of amides is 1. The number of benzene rings is 3. The van der Waals surface area contributed by atoms with E-state index in [9.17, 15) is 9.59 Å². The standard InChI is InChI=1S/C24H18N2O2/c27-21-19-20(16-10-4-1-5-11-16)24(21,17-12-6-2-7-13-17)23(28)26-22(19)25-18-14-8-3-9-15-18/h1-15,19-20H,(H,25,26,28). The Hall–Kier alpha value is -3.53. The number of ketones is 1. The lowest BCUT2D eigenvalue weighted by Crippen LogP contribution is -2.75. The van der Waals surface area contributed by atoms with E-state index in [4.69, 9.17) is 0 Å². The number of carbonyl (C=O) groups is 2. The van der Waals surface area contributed by atoms with Crippen molar-refractivity contribution in [2.45, 2.75) is 11.3 Å². The molecule has 3 atom stereocenters. The molecule has 0 aromatic heterocycles. The number of hydrogen-bond acceptors (Lipinski definition) is 3. The second-order valence-electron chi connectivity index (χ2n) is 7.19. The van der Waals surface area contributed by atoms with Crippen LogP contribution < -0.4 is 5.32 Å². The van der Waals surface area contributed by atoms with E-state index in [2.05, 4.69) is 10.3 Å². The summed E-state index contributed by atoms with van der Waals surface area (Å²) in [7, 11) is 0. The topological polar surface area (TPSA) is 58.5 Å². The van der Waals surface area contributed by atoms with Crippen LogP contribution in [-0.4, -0.2) is 17.5 Å². The molecule has 1 amide bonds. The molecule has 6 rings (SSSR count). The monoisotopic (exact) mass is 366 g/mol. The van der Waals surface area contributed by atoms with Crippen molar-refractivity contribution in [3.05, 3.63) is 102 Å². The molecule has 2 heterocycles. The van der Waals surface area contributed by atoms with Crippen LogP contribution in [0.2, 0.25) is 0 Å². The van der Waals surface area contributed by atoms with Gasteiger partial charge in [-0.05, 0) is 23.3 Å².